The van der Waals surface area contributed by atoms with Crippen molar-refractivity contribution in [3.05, 3.63) is 64.7 Å². The second-order valence-electron chi connectivity index (χ2n) is 6.88. The monoisotopic (exact) mass is 369 g/mol. The summed E-state index contributed by atoms with van der Waals surface area (Å²) < 4.78 is 28.4. The average molecular weight is 369 g/mol. The van der Waals surface area contributed by atoms with E-state index in [9.17, 15) is 18.3 Å². The molecule has 2 unspecified atom stereocenters. The van der Waals surface area contributed by atoms with Crippen LogP contribution in [-0.2, 0) is 21.2 Å². The molecule has 2 atom stereocenters. The number of aromatic hydroxyl groups is 1. The van der Waals surface area contributed by atoms with E-state index in [4.69, 9.17) is 0 Å². The molecule has 0 aliphatic heterocycles. The number of nitrogens with one attached hydrogen (secondary N) is 1. The van der Waals surface area contributed by atoms with Gasteiger partial charge in [0.15, 0.2) is 0 Å². The number of carbonyl (C=O) groups excluding carboxylic acids is 1. The number of rotatable bonds is 5. The SMILES string of the molecule is Cc1ccc(S(=O)(=O)Nc2c(CC=O)cc(O)c3c2C2C=CC3C2)cc1. The number of phenols is 1. The van der Waals surface area contributed by atoms with E-state index in [0.717, 1.165) is 23.1 Å². The summed E-state index contributed by atoms with van der Waals surface area (Å²) in [6, 6.07) is 8.11. The fraction of sp³-hybridized carbons (Fsp3) is 0.250. The van der Waals surface area contributed by atoms with Crippen LogP contribution < -0.4 is 4.72 Å². The van der Waals surface area contributed by atoms with Crippen LogP contribution in [0.2, 0.25) is 0 Å². The van der Waals surface area contributed by atoms with E-state index in [1.807, 2.05) is 19.1 Å². The molecule has 0 saturated heterocycles. The van der Waals surface area contributed by atoms with E-state index in [1.54, 1.807) is 24.3 Å². The first-order valence-electron chi connectivity index (χ1n) is 8.51. The van der Waals surface area contributed by atoms with Gasteiger partial charge in [-0.25, -0.2) is 8.42 Å². The van der Waals surface area contributed by atoms with E-state index in [0.29, 0.717) is 17.5 Å². The zero-order valence-corrected chi connectivity index (χ0v) is 15.1. The minimum Gasteiger partial charge on any atom is -0.508 e. The Morgan fingerprint density at radius 2 is 1.81 bits per heavy atom. The average Bonchev–Trinajstić information content (AvgIpc) is 3.21. The lowest BCUT2D eigenvalue weighted by Gasteiger charge is -2.21. The van der Waals surface area contributed by atoms with Gasteiger partial charge in [-0.15, -0.1) is 0 Å². The minimum absolute atomic E-state index is 0.0354. The largest absolute Gasteiger partial charge is 0.508 e. The highest BCUT2D eigenvalue weighted by atomic mass is 32.2. The molecule has 2 N–H and O–H groups in total. The Kier molecular flexibility index (Phi) is 3.88. The Balaban J connectivity index is 1.84. The molecule has 26 heavy (non-hydrogen) atoms. The van der Waals surface area contributed by atoms with Gasteiger partial charge in [-0.05, 0) is 42.7 Å². The standard InChI is InChI=1S/C20H19NO4S/c1-12-2-6-16(7-3-12)26(24,25)21-20-15(8-9-22)11-17(23)18-13-4-5-14(10-13)19(18)20/h2-7,9,11,13-14,21,23H,8,10H2,1H3. The first-order chi connectivity index (χ1) is 12.4. The van der Waals surface area contributed by atoms with Crippen molar-refractivity contribution in [2.75, 3.05) is 4.72 Å². The number of hydrogen-bond acceptors (Lipinski definition) is 4. The molecule has 2 aliphatic carbocycles. The van der Waals surface area contributed by atoms with Crippen LogP contribution in [0.3, 0.4) is 0 Å². The van der Waals surface area contributed by atoms with Crippen LogP contribution in [0.25, 0.3) is 0 Å². The molecule has 0 amide bonds. The van der Waals surface area contributed by atoms with E-state index >= 15 is 0 Å². The van der Waals surface area contributed by atoms with Crippen molar-refractivity contribution in [1.82, 2.24) is 0 Å². The lowest BCUT2D eigenvalue weighted by atomic mass is 9.91. The highest BCUT2D eigenvalue weighted by Crippen LogP contribution is 2.55. The molecule has 5 nitrogen and oxygen atoms in total. The van der Waals surface area contributed by atoms with E-state index in [-0.39, 0.29) is 28.9 Å². The summed E-state index contributed by atoms with van der Waals surface area (Å²) in [5.41, 5.74) is 3.47. The predicted molar refractivity (Wildman–Crippen MR) is 99.1 cm³/mol. The second-order valence-corrected chi connectivity index (χ2v) is 8.56. The molecule has 0 fully saturated rings. The number of phenolic OH excluding ortho intramolecular Hbond substituents is 1. The Morgan fingerprint density at radius 1 is 1.15 bits per heavy atom. The maximum Gasteiger partial charge on any atom is 0.261 e. The van der Waals surface area contributed by atoms with E-state index in [1.165, 1.54) is 6.07 Å². The molecular weight excluding hydrogens is 350 g/mol. The molecule has 0 radical (unpaired) electrons. The number of benzene rings is 2. The van der Waals surface area contributed by atoms with Gasteiger partial charge in [0, 0.05) is 23.8 Å². The molecule has 0 aromatic heterocycles. The summed E-state index contributed by atoms with van der Waals surface area (Å²) in [5, 5.41) is 10.4. The summed E-state index contributed by atoms with van der Waals surface area (Å²) in [6.07, 6.45) is 5.67. The Hall–Kier alpha value is -2.60. The quantitative estimate of drug-likeness (QED) is 0.481. The van der Waals surface area contributed by atoms with Crippen LogP contribution in [0, 0.1) is 6.92 Å². The number of anilines is 1. The van der Waals surface area contributed by atoms with Crippen molar-refractivity contribution in [2.45, 2.75) is 36.5 Å². The Morgan fingerprint density at radius 3 is 2.46 bits per heavy atom. The van der Waals surface area contributed by atoms with Crippen LogP contribution in [0.5, 0.6) is 5.75 Å². The topological polar surface area (TPSA) is 83.5 Å². The zero-order chi connectivity index (χ0) is 18.5. The van der Waals surface area contributed by atoms with Crippen molar-refractivity contribution >= 4 is 22.0 Å². The molecule has 2 bridgehead atoms. The summed E-state index contributed by atoms with van der Waals surface area (Å²) in [5.74, 6) is 0.290. The fourth-order valence-electron chi connectivity index (χ4n) is 3.94. The van der Waals surface area contributed by atoms with Crippen molar-refractivity contribution in [3.63, 3.8) is 0 Å². The van der Waals surface area contributed by atoms with Crippen molar-refractivity contribution in [1.29, 1.82) is 0 Å². The van der Waals surface area contributed by atoms with Crippen LogP contribution in [0.15, 0.2) is 47.4 Å². The van der Waals surface area contributed by atoms with Gasteiger partial charge in [0.05, 0.1) is 10.6 Å². The fourth-order valence-corrected chi connectivity index (χ4v) is 5.07. The highest BCUT2D eigenvalue weighted by Gasteiger charge is 2.38. The maximum absolute atomic E-state index is 12.9. The number of allylic oxidation sites excluding steroid dienone is 2. The normalized spacial score (nSPS) is 20.2. The number of aryl methyl sites for hydroxylation is 1. The summed E-state index contributed by atoms with van der Waals surface area (Å²) in [6.45, 7) is 1.89. The van der Waals surface area contributed by atoms with Gasteiger partial charge in [0.1, 0.15) is 12.0 Å². The van der Waals surface area contributed by atoms with Crippen LogP contribution in [-0.4, -0.2) is 19.8 Å². The van der Waals surface area contributed by atoms with Crippen LogP contribution >= 0.6 is 0 Å². The number of sulfonamides is 1. The van der Waals surface area contributed by atoms with Crippen molar-refractivity contribution in [3.8, 4) is 5.75 Å². The molecule has 4 rings (SSSR count). The predicted octanol–water partition coefficient (Wildman–Crippen LogP) is 3.38. The second kappa shape index (κ2) is 5.99. The third-order valence-electron chi connectivity index (χ3n) is 5.16. The van der Waals surface area contributed by atoms with Gasteiger partial charge in [-0.2, -0.15) is 0 Å². The van der Waals surface area contributed by atoms with Gasteiger partial charge in [-0.1, -0.05) is 29.8 Å². The summed E-state index contributed by atoms with van der Waals surface area (Å²) in [4.78, 5) is 11.3. The van der Waals surface area contributed by atoms with E-state index in [2.05, 4.69) is 4.72 Å². The molecule has 2 aliphatic rings. The number of hydrogen-bond donors (Lipinski definition) is 2. The van der Waals surface area contributed by atoms with Gasteiger partial charge in [0.25, 0.3) is 10.0 Å². The van der Waals surface area contributed by atoms with Gasteiger partial charge >= 0.3 is 0 Å². The Labute approximate surface area is 152 Å². The zero-order valence-electron chi connectivity index (χ0n) is 14.3. The number of aldehydes is 1. The number of carbonyl (C=O) groups is 1. The summed E-state index contributed by atoms with van der Waals surface area (Å²) >= 11 is 0. The van der Waals surface area contributed by atoms with Gasteiger partial charge in [0.2, 0.25) is 0 Å². The lowest BCUT2D eigenvalue weighted by Crippen LogP contribution is -2.17. The number of fused-ring (bicyclic) bond motifs is 5. The van der Waals surface area contributed by atoms with Crippen molar-refractivity contribution in [2.24, 2.45) is 0 Å². The maximum atomic E-state index is 12.9. The van der Waals surface area contributed by atoms with E-state index < -0.39 is 10.0 Å². The first-order valence-corrected chi connectivity index (χ1v) is 9.99. The molecule has 2 aromatic rings. The molecule has 0 heterocycles. The lowest BCUT2D eigenvalue weighted by molar-refractivity contribution is -0.107. The Bertz CT molecular complexity index is 1020. The van der Waals surface area contributed by atoms with Gasteiger partial charge < -0.3 is 9.90 Å². The van der Waals surface area contributed by atoms with Crippen LogP contribution in [0.1, 0.15) is 40.5 Å². The third-order valence-corrected chi connectivity index (χ3v) is 6.53. The van der Waals surface area contributed by atoms with Crippen molar-refractivity contribution < 1.29 is 18.3 Å². The molecule has 2 aromatic carbocycles. The molecular formula is C20H19NO4S. The van der Waals surface area contributed by atoms with Crippen LogP contribution in [0.4, 0.5) is 5.69 Å². The minimum atomic E-state index is -3.79. The highest BCUT2D eigenvalue weighted by molar-refractivity contribution is 7.92. The molecule has 0 spiro atoms. The molecule has 0 saturated carbocycles. The molecule has 6 heteroatoms. The third kappa shape index (κ3) is 2.61. The first kappa shape index (κ1) is 16.8. The summed E-state index contributed by atoms with van der Waals surface area (Å²) in [7, 11) is -3.79. The smallest absolute Gasteiger partial charge is 0.261 e. The van der Waals surface area contributed by atoms with Gasteiger partial charge in [-0.3, -0.25) is 4.72 Å². The molecule has 134 valence electrons.